The van der Waals surface area contributed by atoms with E-state index in [9.17, 15) is 0 Å². The first-order valence-electron chi connectivity index (χ1n) is 3.80. The lowest BCUT2D eigenvalue weighted by Crippen LogP contribution is -2.06. The molecule has 1 heteroatoms. The van der Waals surface area contributed by atoms with E-state index >= 15 is 0 Å². The lowest BCUT2D eigenvalue weighted by atomic mass is 9.54. The molecule has 2 rings (SSSR count). The highest BCUT2D eigenvalue weighted by Gasteiger charge is 2.28. The van der Waals surface area contributed by atoms with Gasteiger partial charge in [-0.3, -0.25) is 0 Å². The number of hydrogen-bond acceptors (Lipinski definition) is 0. The molecule has 2 fully saturated rings. The quantitative estimate of drug-likeness (QED) is 0.416. The highest BCUT2D eigenvalue weighted by atomic mass is 14.2. The molecule has 0 aromatic rings. The predicted molar refractivity (Wildman–Crippen MR) is 36.3 cm³/mol. The van der Waals surface area contributed by atoms with E-state index in [1.54, 1.807) is 0 Å². The summed E-state index contributed by atoms with van der Waals surface area (Å²) in [6.07, 6.45) is 7.51. The minimum atomic E-state index is 1.04. The van der Waals surface area contributed by atoms with Gasteiger partial charge in [0.2, 0.25) is 0 Å². The van der Waals surface area contributed by atoms with E-state index in [0.717, 1.165) is 11.6 Å². The Morgan fingerprint density at radius 1 is 0.875 bits per heavy atom. The van der Waals surface area contributed by atoms with Crippen LogP contribution >= 0.6 is 0 Å². The maximum absolute atomic E-state index is 2.59. The molecule has 2 aliphatic heterocycles. The molecule has 1 radical (unpaired) electrons. The SMILES string of the molecule is [B]1[C@@H]2CCC[C@H]1CC2. The van der Waals surface area contributed by atoms with Gasteiger partial charge in [-0.25, -0.2) is 0 Å². The molecule has 0 spiro atoms. The topological polar surface area (TPSA) is 0 Å². The van der Waals surface area contributed by atoms with E-state index < -0.39 is 0 Å². The van der Waals surface area contributed by atoms with Crippen LogP contribution in [-0.2, 0) is 0 Å². The van der Waals surface area contributed by atoms with Crippen LogP contribution in [0.1, 0.15) is 32.1 Å². The van der Waals surface area contributed by atoms with E-state index in [0.29, 0.717) is 0 Å². The van der Waals surface area contributed by atoms with E-state index in [1.807, 2.05) is 0 Å². The first kappa shape index (κ1) is 4.90. The number of hydrogen-bond donors (Lipinski definition) is 0. The van der Waals surface area contributed by atoms with Crippen LogP contribution in [0.3, 0.4) is 0 Å². The Morgan fingerprint density at radius 2 is 1.50 bits per heavy atom. The molecule has 2 heterocycles. The Bertz CT molecular complexity index is 76.4. The molecule has 0 nitrogen and oxygen atoms in total. The first-order chi connectivity index (χ1) is 3.95. The van der Waals surface area contributed by atoms with Gasteiger partial charge >= 0.3 is 0 Å². The summed E-state index contributed by atoms with van der Waals surface area (Å²) in [5, 5.41) is 0. The van der Waals surface area contributed by atoms with Gasteiger partial charge in [-0.05, 0) is 0 Å². The number of fused-ring (bicyclic) bond motifs is 2. The van der Waals surface area contributed by atoms with Gasteiger partial charge in [0, 0.05) is 0 Å². The van der Waals surface area contributed by atoms with Crippen LogP contribution in [0.15, 0.2) is 0 Å². The lowest BCUT2D eigenvalue weighted by Gasteiger charge is -2.15. The van der Waals surface area contributed by atoms with Crippen LogP contribution in [-0.4, -0.2) is 7.28 Å². The second-order valence-electron chi connectivity index (χ2n) is 3.22. The van der Waals surface area contributed by atoms with Gasteiger partial charge in [-0.1, -0.05) is 43.7 Å². The fraction of sp³-hybridized carbons (Fsp3) is 1.00. The highest BCUT2D eigenvalue weighted by molar-refractivity contribution is 6.41. The summed E-state index contributed by atoms with van der Waals surface area (Å²) in [7, 11) is 2.59. The fourth-order valence-electron chi connectivity index (χ4n) is 2.13. The molecule has 2 saturated heterocycles. The molecule has 0 aromatic heterocycles. The lowest BCUT2D eigenvalue weighted by molar-refractivity contribution is 0.653. The molecule has 0 saturated carbocycles. The molecule has 0 unspecified atom stereocenters. The zero-order chi connectivity index (χ0) is 5.40. The summed E-state index contributed by atoms with van der Waals surface area (Å²) < 4.78 is 0. The fourth-order valence-corrected chi connectivity index (χ4v) is 2.13. The molecule has 0 aromatic carbocycles. The smallest absolute Gasteiger partial charge is 0.0686 e. The molecule has 0 amide bonds. The van der Waals surface area contributed by atoms with Crippen molar-refractivity contribution in [1.82, 2.24) is 0 Å². The van der Waals surface area contributed by atoms with Crippen LogP contribution in [0.25, 0.3) is 0 Å². The summed E-state index contributed by atoms with van der Waals surface area (Å²) in [4.78, 5) is 0. The van der Waals surface area contributed by atoms with Crippen molar-refractivity contribution in [3.8, 4) is 0 Å². The second-order valence-corrected chi connectivity index (χ2v) is 3.22. The summed E-state index contributed by atoms with van der Waals surface area (Å²) in [6.45, 7) is 0. The van der Waals surface area contributed by atoms with Crippen LogP contribution in [0.5, 0.6) is 0 Å². The van der Waals surface area contributed by atoms with E-state index in [2.05, 4.69) is 7.28 Å². The average Bonchev–Trinajstić information content (AvgIpc) is 2.12. The van der Waals surface area contributed by atoms with Crippen LogP contribution in [0, 0.1) is 0 Å². The molecular weight excluding hydrogens is 94.9 g/mol. The largest absolute Gasteiger partial charge is 0.117 e. The van der Waals surface area contributed by atoms with Gasteiger partial charge in [-0.2, -0.15) is 0 Å². The third-order valence-corrected chi connectivity index (χ3v) is 2.60. The molecule has 8 heavy (non-hydrogen) atoms. The Morgan fingerprint density at radius 3 is 2.00 bits per heavy atom. The summed E-state index contributed by atoms with van der Waals surface area (Å²) >= 11 is 0. The molecule has 2 bridgehead atoms. The van der Waals surface area contributed by atoms with Crippen LogP contribution in [0.2, 0.25) is 11.6 Å². The van der Waals surface area contributed by atoms with Gasteiger partial charge in [0.25, 0.3) is 0 Å². The van der Waals surface area contributed by atoms with Gasteiger partial charge in [-0.15, -0.1) is 0 Å². The van der Waals surface area contributed by atoms with E-state index in [4.69, 9.17) is 0 Å². The Hall–Kier alpha value is 0.0649. The van der Waals surface area contributed by atoms with Crippen molar-refractivity contribution in [3.63, 3.8) is 0 Å². The van der Waals surface area contributed by atoms with Gasteiger partial charge in [0.15, 0.2) is 0 Å². The maximum Gasteiger partial charge on any atom is 0.117 e. The normalized spacial score (nSPS) is 44.0. The third-order valence-electron chi connectivity index (χ3n) is 2.60. The second kappa shape index (κ2) is 1.79. The van der Waals surface area contributed by atoms with Crippen molar-refractivity contribution in [2.45, 2.75) is 43.7 Å². The van der Waals surface area contributed by atoms with Crippen molar-refractivity contribution in [1.29, 1.82) is 0 Å². The average molecular weight is 107 g/mol. The van der Waals surface area contributed by atoms with Crippen molar-refractivity contribution >= 4 is 7.28 Å². The molecule has 0 N–H and O–H groups in total. The maximum atomic E-state index is 2.59. The summed E-state index contributed by atoms with van der Waals surface area (Å²) in [5.41, 5.74) is 0. The standard InChI is InChI=1S/C7H12B/c1-2-6-4-5-7(3-1)8-6/h6-7H,1-5H2/t6-,7+. The Labute approximate surface area is 51.9 Å². The molecule has 43 valence electrons. The van der Waals surface area contributed by atoms with Crippen LogP contribution in [0.4, 0.5) is 0 Å². The number of rotatable bonds is 0. The molecule has 0 aliphatic carbocycles. The van der Waals surface area contributed by atoms with Crippen LogP contribution < -0.4 is 0 Å². The Kier molecular flexibility index (Phi) is 1.09. The van der Waals surface area contributed by atoms with Crippen molar-refractivity contribution < 1.29 is 0 Å². The predicted octanol–water partition coefficient (Wildman–Crippen LogP) is 2.25. The minimum Gasteiger partial charge on any atom is -0.0686 e. The first-order valence-corrected chi connectivity index (χ1v) is 3.80. The zero-order valence-electron chi connectivity index (χ0n) is 5.27. The van der Waals surface area contributed by atoms with Gasteiger partial charge in [0.1, 0.15) is 7.28 Å². The third kappa shape index (κ3) is 0.686. The zero-order valence-corrected chi connectivity index (χ0v) is 5.27. The molecule has 2 aliphatic rings. The van der Waals surface area contributed by atoms with Gasteiger partial charge in [0.05, 0.1) is 0 Å². The van der Waals surface area contributed by atoms with Crippen molar-refractivity contribution in [3.05, 3.63) is 0 Å². The summed E-state index contributed by atoms with van der Waals surface area (Å²) in [6, 6.07) is 0. The van der Waals surface area contributed by atoms with E-state index in [1.165, 1.54) is 32.1 Å². The van der Waals surface area contributed by atoms with Gasteiger partial charge < -0.3 is 0 Å². The Balaban J connectivity index is 2.03. The van der Waals surface area contributed by atoms with E-state index in [-0.39, 0.29) is 0 Å². The van der Waals surface area contributed by atoms with Crippen molar-refractivity contribution in [2.75, 3.05) is 0 Å². The summed E-state index contributed by atoms with van der Waals surface area (Å²) in [5.74, 6) is 2.07. The monoisotopic (exact) mass is 107 g/mol. The minimum absolute atomic E-state index is 1.04. The van der Waals surface area contributed by atoms with Crippen molar-refractivity contribution in [2.24, 2.45) is 0 Å². The highest BCUT2D eigenvalue weighted by Crippen LogP contribution is 2.43. The molecular formula is C7H12B. The molecule has 2 atom stereocenters.